The molecule has 0 aromatic carbocycles. The van der Waals surface area contributed by atoms with E-state index in [9.17, 15) is 5.21 Å². The molecular weight excluding hydrogens is 430 g/mol. The van der Waals surface area contributed by atoms with Crippen molar-refractivity contribution < 1.29 is 14.0 Å². The summed E-state index contributed by atoms with van der Waals surface area (Å²) in [7, 11) is 0. The minimum Gasteiger partial charge on any atom is -0.619 e. The van der Waals surface area contributed by atoms with E-state index in [1.54, 1.807) is 16.6 Å². The summed E-state index contributed by atoms with van der Waals surface area (Å²) in [6.07, 6.45) is 6.78. The van der Waals surface area contributed by atoms with Crippen LogP contribution < -0.4 is 14.4 Å². The van der Waals surface area contributed by atoms with Crippen LogP contribution in [0, 0.1) is 11.1 Å². The number of hydrogen-bond acceptors (Lipinski definition) is 9. The van der Waals surface area contributed by atoms with Gasteiger partial charge < -0.3 is 19.4 Å². The number of hydrogen-bond donors (Lipinski definition) is 0. The topological polar surface area (TPSA) is 109 Å². The third-order valence-electron chi connectivity index (χ3n) is 5.83. The van der Waals surface area contributed by atoms with Crippen molar-refractivity contribution in [3.05, 3.63) is 41.8 Å². The van der Waals surface area contributed by atoms with Gasteiger partial charge in [0.2, 0.25) is 4.96 Å². The Balaban J connectivity index is 1.19. The van der Waals surface area contributed by atoms with E-state index in [-0.39, 0.29) is 12.0 Å². The van der Waals surface area contributed by atoms with E-state index in [1.165, 1.54) is 23.7 Å². The van der Waals surface area contributed by atoms with E-state index >= 15 is 0 Å². The zero-order valence-electron chi connectivity index (χ0n) is 18.2. The highest BCUT2D eigenvalue weighted by molar-refractivity contribution is 7.18. The first-order valence-electron chi connectivity index (χ1n) is 10.8. The van der Waals surface area contributed by atoms with Crippen LogP contribution in [0.3, 0.4) is 0 Å². The van der Waals surface area contributed by atoms with Gasteiger partial charge in [-0.3, -0.25) is 0 Å². The molecule has 0 radical (unpaired) electrons. The van der Waals surface area contributed by atoms with Crippen molar-refractivity contribution in [3.63, 3.8) is 0 Å². The lowest BCUT2D eigenvalue weighted by molar-refractivity contribution is -0.605. The standard InChI is InChI=1S/C21H25N7O3S/c1-13(2)18-23-19(31-25-18)26-8-4-15(5-9-26)14(3)30-21-24-28-12-17(22-20(28)32-21)16-6-10-27(29)11-7-16/h6-7,10-15H,4-5,8-9H2,1-3H3/t14-/m0/s1. The molecule has 5 rings (SSSR count). The van der Waals surface area contributed by atoms with Crippen LogP contribution in [0.15, 0.2) is 35.2 Å². The molecule has 4 aromatic rings. The van der Waals surface area contributed by atoms with Crippen molar-refractivity contribution in [1.29, 1.82) is 0 Å². The minimum atomic E-state index is 0.0445. The van der Waals surface area contributed by atoms with Gasteiger partial charge in [-0.2, -0.15) is 9.71 Å². The largest absolute Gasteiger partial charge is 0.619 e. The second kappa shape index (κ2) is 8.38. The molecule has 1 saturated heterocycles. The van der Waals surface area contributed by atoms with Crippen LogP contribution in [0.25, 0.3) is 16.2 Å². The summed E-state index contributed by atoms with van der Waals surface area (Å²) < 4.78 is 14.1. The lowest BCUT2D eigenvalue weighted by atomic mass is 9.92. The van der Waals surface area contributed by atoms with Crippen LogP contribution >= 0.6 is 11.3 Å². The van der Waals surface area contributed by atoms with E-state index in [2.05, 4.69) is 45.9 Å². The van der Waals surface area contributed by atoms with Gasteiger partial charge in [-0.1, -0.05) is 19.0 Å². The van der Waals surface area contributed by atoms with Gasteiger partial charge >= 0.3 is 6.01 Å². The third kappa shape index (κ3) is 4.12. The van der Waals surface area contributed by atoms with Gasteiger partial charge in [0, 0.05) is 36.7 Å². The highest BCUT2D eigenvalue weighted by Gasteiger charge is 2.28. The molecule has 0 bridgehead atoms. The molecule has 1 aliphatic heterocycles. The predicted octanol–water partition coefficient (Wildman–Crippen LogP) is 3.28. The summed E-state index contributed by atoms with van der Waals surface area (Å²) in [5.41, 5.74) is 1.65. The highest BCUT2D eigenvalue weighted by atomic mass is 32.1. The molecule has 1 aliphatic rings. The molecule has 1 fully saturated rings. The molecule has 11 heteroatoms. The summed E-state index contributed by atoms with van der Waals surface area (Å²) in [6.45, 7) is 7.94. The number of aromatic nitrogens is 6. The lowest BCUT2D eigenvalue weighted by Crippen LogP contribution is -2.38. The monoisotopic (exact) mass is 455 g/mol. The molecule has 0 unspecified atom stereocenters. The fourth-order valence-electron chi connectivity index (χ4n) is 3.86. The van der Waals surface area contributed by atoms with Gasteiger partial charge in [-0.05, 0) is 37.0 Å². The molecule has 0 saturated carbocycles. The molecule has 10 nitrogen and oxygen atoms in total. The number of pyridine rings is 1. The zero-order valence-corrected chi connectivity index (χ0v) is 19.0. The van der Waals surface area contributed by atoms with Gasteiger partial charge in [0.25, 0.3) is 5.19 Å². The first-order valence-corrected chi connectivity index (χ1v) is 11.6. The Hall–Kier alpha value is -3.21. The summed E-state index contributed by atoms with van der Waals surface area (Å²) in [4.78, 5) is 12.0. The van der Waals surface area contributed by atoms with Crippen LogP contribution in [0.5, 0.6) is 5.19 Å². The molecule has 32 heavy (non-hydrogen) atoms. The van der Waals surface area contributed by atoms with Crippen molar-refractivity contribution >= 4 is 22.3 Å². The van der Waals surface area contributed by atoms with Crippen molar-refractivity contribution in [3.8, 4) is 16.5 Å². The van der Waals surface area contributed by atoms with Gasteiger partial charge in [0.15, 0.2) is 18.2 Å². The van der Waals surface area contributed by atoms with Crippen LogP contribution in [0.4, 0.5) is 6.01 Å². The Morgan fingerprint density at radius 3 is 2.59 bits per heavy atom. The van der Waals surface area contributed by atoms with Crippen molar-refractivity contribution in [2.24, 2.45) is 5.92 Å². The van der Waals surface area contributed by atoms with Gasteiger partial charge in [-0.25, -0.2) is 9.50 Å². The number of piperidine rings is 1. The van der Waals surface area contributed by atoms with E-state index in [1.807, 2.05) is 6.20 Å². The zero-order chi connectivity index (χ0) is 22.2. The molecule has 168 valence electrons. The average Bonchev–Trinajstić information content (AvgIpc) is 3.49. The van der Waals surface area contributed by atoms with Crippen LogP contribution in [0.1, 0.15) is 45.4 Å². The molecule has 0 N–H and O–H groups in total. The molecule has 5 heterocycles. The SMILES string of the molecule is CC(C)c1noc(N2CCC([C@H](C)Oc3nn4cc(-c5cc[n+]([O-])cc5)nc4s3)CC2)n1. The van der Waals surface area contributed by atoms with Crippen molar-refractivity contribution in [2.75, 3.05) is 18.0 Å². The van der Waals surface area contributed by atoms with Crippen LogP contribution in [0.2, 0.25) is 0 Å². The minimum absolute atomic E-state index is 0.0445. The van der Waals surface area contributed by atoms with Crippen LogP contribution in [-0.2, 0) is 0 Å². The summed E-state index contributed by atoms with van der Waals surface area (Å²) >= 11 is 1.42. The van der Waals surface area contributed by atoms with Gasteiger partial charge in [0.05, 0.1) is 11.9 Å². The summed E-state index contributed by atoms with van der Waals surface area (Å²) in [6, 6.07) is 4.09. The van der Waals surface area contributed by atoms with E-state index in [0.29, 0.717) is 17.1 Å². The van der Waals surface area contributed by atoms with E-state index < -0.39 is 0 Å². The molecule has 1 atom stereocenters. The Labute approximate surface area is 189 Å². The maximum atomic E-state index is 11.2. The second-order valence-electron chi connectivity index (χ2n) is 8.41. The molecule has 0 aliphatic carbocycles. The van der Waals surface area contributed by atoms with Crippen molar-refractivity contribution in [2.45, 2.75) is 45.6 Å². The predicted molar refractivity (Wildman–Crippen MR) is 119 cm³/mol. The Bertz CT molecular complexity index is 1160. The molecule has 4 aromatic heterocycles. The smallest absolute Gasteiger partial charge is 0.324 e. The maximum Gasteiger partial charge on any atom is 0.324 e. The normalized spacial score (nSPS) is 16.2. The fraction of sp³-hybridized carbons (Fsp3) is 0.476. The Morgan fingerprint density at radius 2 is 1.94 bits per heavy atom. The molecule has 0 spiro atoms. The highest BCUT2D eigenvalue weighted by Crippen LogP contribution is 2.30. The first-order chi connectivity index (χ1) is 15.5. The van der Waals surface area contributed by atoms with Gasteiger partial charge in [-0.15, -0.1) is 5.10 Å². The number of nitrogens with zero attached hydrogens (tertiary/aromatic N) is 7. The number of anilines is 1. The van der Waals surface area contributed by atoms with E-state index in [0.717, 1.165) is 52.7 Å². The number of ether oxygens (including phenoxy) is 1. The van der Waals surface area contributed by atoms with Crippen LogP contribution in [-0.4, -0.2) is 43.9 Å². The quantitative estimate of drug-likeness (QED) is 0.322. The first kappa shape index (κ1) is 20.7. The number of imidazole rings is 1. The summed E-state index contributed by atoms with van der Waals surface area (Å²) in [5.74, 6) is 1.43. The Kier molecular flexibility index (Phi) is 5.41. The lowest BCUT2D eigenvalue weighted by Gasteiger charge is -2.33. The maximum absolute atomic E-state index is 11.2. The van der Waals surface area contributed by atoms with Crippen molar-refractivity contribution in [1.82, 2.24) is 24.7 Å². The number of rotatable bonds is 6. The second-order valence-corrected chi connectivity index (χ2v) is 9.32. The fourth-order valence-corrected chi connectivity index (χ4v) is 4.67. The third-order valence-corrected chi connectivity index (χ3v) is 6.64. The summed E-state index contributed by atoms with van der Waals surface area (Å²) in [5, 5.41) is 20.4. The average molecular weight is 456 g/mol. The van der Waals surface area contributed by atoms with E-state index in [4.69, 9.17) is 9.26 Å². The molecule has 0 amide bonds. The Morgan fingerprint density at radius 1 is 1.19 bits per heavy atom. The van der Waals surface area contributed by atoms with Gasteiger partial charge in [0.1, 0.15) is 6.10 Å². The molecular formula is C21H25N7O3S. The number of fused-ring (bicyclic) bond motifs is 1.